The molecule has 0 unspecified atom stereocenters. The minimum Gasteiger partial charge on any atom is -0.492 e. The molecule has 0 saturated carbocycles. The molecule has 2 rings (SSSR count). The molecule has 28 heavy (non-hydrogen) atoms. The van der Waals surface area contributed by atoms with Crippen LogP contribution in [0.4, 0.5) is 16.2 Å². The van der Waals surface area contributed by atoms with Crippen LogP contribution in [-0.2, 0) is 14.8 Å². The number of hydrogen-bond donors (Lipinski definition) is 2. The molecule has 0 bridgehead atoms. The Balaban J connectivity index is 2.35. The van der Waals surface area contributed by atoms with Crippen LogP contribution in [0.15, 0.2) is 47.4 Å². The van der Waals surface area contributed by atoms with E-state index in [1.807, 2.05) is 0 Å². The predicted octanol–water partition coefficient (Wildman–Crippen LogP) is 3.66. The largest absolute Gasteiger partial charge is 0.492 e. The number of ether oxygens (including phenoxy) is 2. The summed E-state index contributed by atoms with van der Waals surface area (Å²) in [5.74, 6) is 0.135. The Bertz CT molecular complexity index is 972. The third-order valence-corrected chi connectivity index (χ3v) is 4.97. The van der Waals surface area contributed by atoms with Crippen molar-refractivity contribution < 1.29 is 27.5 Å². The lowest BCUT2D eigenvalue weighted by Crippen LogP contribution is -2.16. The molecule has 2 aromatic rings. The summed E-state index contributed by atoms with van der Waals surface area (Å²) < 4.78 is 38.1. The van der Waals surface area contributed by atoms with Crippen molar-refractivity contribution in [2.45, 2.75) is 25.7 Å². The number of sulfonamides is 1. The average Bonchev–Trinajstić information content (AvgIpc) is 2.63. The Morgan fingerprint density at radius 2 is 1.79 bits per heavy atom. The van der Waals surface area contributed by atoms with Crippen molar-refractivity contribution in [3.05, 3.63) is 48.0 Å². The third kappa shape index (κ3) is 5.46. The molecule has 8 nitrogen and oxygen atoms in total. The zero-order valence-electron chi connectivity index (χ0n) is 15.8. The fourth-order valence-electron chi connectivity index (χ4n) is 2.35. The van der Waals surface area contributed by atoms with Crippen molar-refractivity contribution in [3.63, 3.8) is 0 Å². The van der Waals surface area contributed by atoms with Crippen LogP contribution in [-0.4, -0.2) is 33.5 Å². The zero-order valence-corrected chi connectivity index (χ0v) is 16.6. The number of amides is 1. The lowest BCUT2D eigenvalue weighted by atomic mass is 10.1. The normalized spacial score (nSPS) is 10.8. The summed E-state index contributed by atoms with van der Waals surface area (Å²) >= 11 is 0. The highest BCUT2D eigenvalue weighted by Crippen LogP contribution is 2.29. The summed E-state index contributed by atoms with van der Waals surface area (Å²) in [6.45, 7) is 5.32. The molecule has 9 heteroatoms. The first-order valence-electron chi connectivity index (χ1n) is 8.61. The van der Waals surface area contributed by atoms with Crippen LogP contribution in [0.5, 0.6) is 5.75 Å². The standard InChI is InChI=1S/C19H22N2O6S/c1-4-26-18-10-9-16(12-17(18)20-19(23)27-5-2)28(24,25)21-15-8-6-7-14(11-15)13(3)22/h6-12,21H,4-5H2,1-3H3,(H,20,23). The summed E-state index contributed by atoms with van der Waals surface area (Å²) in [5.41, 5.74) is 0.804. The molecule has 0 aliphatic heterocycles. The van der Waals surface area contributed by atoms with Gasteiger partial charge in [-0.15, -0.1) is 0 Å². The molecular weight excluding hydrogens is 384 g/mol. The van der Waals surface area contributed by atoms with Crippen LogP contribution in [0, 0.1) is 0 Å². The second-order valence-electron chi connectivity index (χ2n) is 5.68. The van der Waals surface area contributed by atoms with Crippen LogP contribution in [0.1, 0.15) is 31.1 Å². The lowest BCUT2D eigenvalue weighted by Gasteiger charge is -2.14. The molecule has 0 heterocycles. The summed E-state index contributed by atoms with van der Waals surface area (Å²) in [5, 5.41) is 2.47. The second kappa shape index (κ2) is 9.23. The number of hydrogen-bond acceptors (Lipinski definition) is 6. The zero-order chi connectivity index (χ0) is 20.7. The monoisotopic (exact) mass is 406 g/mol. The van der Waals surface area contributed by atoms with Crippen molar-refractivity contribution in [1.29, 1.82) is 0 Å². The first-order valence-corrected chi connectivity index (χ1v) is 10.1. The molecule has 0 aliphatic carbocycles. The van der Waals surface area contributed by atoms with E-state index in [4.69, 9.17) is 9.47 Å². The van der Waals surface area contributed by atoms with Crippen molar-refractivity contribution in [1.82, 2.24) is 0 Å². The molecule has 2 N–H and O–H groups in total. The van der Waals surface area contributed by atoms with Gasteiger partial charge in [0, 0.05) is 11.3 Å². The predicted molar refractivity (Wildman–Crippen MR) is 106 cm³/mol. The number of carbonyl (C=O) groups excluding carboxylic acids is 2. The average molecular weight is 406 g/mol. The highest BCUT2D eigenvalue weighted by atomic mass is 32.2. The number of rotatable bonds is 8. The maximum atomic E-state index is 12.7. The van der Waals surface area contributed by atoms with Gasteiger partial charge in [0.05, 0.1) is 23.8 Å². The van der Waals surface area contributed by atoms with Gasteiger partial charge in [-0.3, -0.25) is 14.8 Å². The third-order valence-electron chi connectivity index (χ3n) is 3.59. The van der Waals surface area contributed by atoms with E-state index in [1.54, 1.807) is 26.0 Å². The van der Waals surface area contributed by atoms with Gasteiger partial charge in [-0.2, -0.15) is 0 Å². The molecule has 0 fully saturated rings. The lowest BCUT2D eigenvalue weighted by molar-refractivity contribution is 0.101. The molecular formula is C19H22N2O6S. The highest BCUT2D eigenvalue weighted by molar-refractivity contribution is 7.92. The van der Waals surface area contributed by atoms with E-state index >= 15 is 0 Å². The summed E-state index contributed by atoms with van der Waals surface area (Å²) in [6.07, 6.45) is -0.722. The first kappa shape index (κ1) is 21.2. The Kier molecular flexibility index (Phi) is 7.00. The van der Waals surface area contributed by atoms with Gasteiger partial charge in [-0.25, -0.2) is 13.2 Å². The van der Waals surface area contributed by atoms with Gasteiger partial charge in [-0.05, 0) is 51.1 Å². The van der Waals surface area contributed by atoms with E-state index in [0.717, 1.165) is 0 Å². The minimum absolute atomic E-state index is 0.0871. The number of Topliss-reactive ketones (excluding diaryl/α,β-unsaturated/α-hetero) is 1. The van der Waals surface area contributed by atoms with E-state index in [1.165, 1.54) is 37.3 Å². The molecule has 150 valence electrons. The molecule has 0 aliphatic rings. The SMILES string of the molecule is CCOC(=O)Nc1cc(S(=O)(=O)Nc2cccc(C(C)=O)c2)ccc1OCC. The van der Waals surface area contributed by atoms with E-state index in [2.05, 4.69) is 10.0 Å². The van der Waals surface area contributed by atoms with Crippen molar-refractivity contribution in [2.75, 3.05) is 23.3 Å². The highest BCUT2D eigenvalue weighted by Gasteiger charge is 2.18. The molecule has 0 saturated heterocycles. The number of nitrogens with one attached hydrogen (secondary N) is 2. The molecule has 2 aromatic carbocycles. The Hall–Kier alpha value is -3.07. The first-order chi connectivity index (χ1) is 13.3. The molecule has 0 atom stereocenters. The molecule has 0 radical (unpaired) electrons. The Labute approximate surface area is 163 Å². The quantitative estimate of drug-likeness (QED) is 0.647. The summed E-state index contributed by atoms with van der Waals surface area (Å²) in [6, 6.07) is 10.3. The van der Waals surface area contributed by atoms with Gasteiger partial charge in [0.15, 0.2) is 5.78 Å². The number of benzene rings is 2. The minimum atomic E-state index is -3.97. The van der Waals surface area contributed by atoms with Gasteiger partial charge in [0.25, 0.3) is 10.0 Å². The van der Waals surface area contributed by atoms with E-state index in [0.29, 0.717) is 17.9 Å². The van der Waals surface area contributed by atoms with E-state index in [9.17, 15) is 18.0 Å². The van der Waals surface area contributed by atoms with Gasteiger partial charge in [0.1, 0.15) is 5.75 Å². The van der Waals surface area contributed by atoms with Crippen molar-refractivity contribution in [3.8, 4) is 5.75 Å². The second-order valence-corrected chi connectivity index (χ2v) is 7.36. The molecule has 0 aromatic heterocycles. The smallest absolute Gasteiger partial charge is 0.411 e. The van der Waals surface area contributed by atoms with Gasteiger partial charge >= 0.3 is 6.09 Å². The van der Waals surface area contributed by atoms with Crippen molar-refractivity contribution >= 4 is 33.3 Å². The number of carbonyl (C=O) groups is 2. The maximum Gasteiger partial charge on any atom is 0.411 e. The fraction of sp³-hybridized carbons (Fsp3) is 0.263. The molecule has 1 amide bonds. The topological polar surface area (TPSA) is 111 Å². The van der Waals surface area contributed by atoms with Gasteiger partial charge < -0.3 is 9.47 Å². The van der Waals surface area contributed by atoms with Crippen LogP contribution in [0.3, 0.4) is 0 Å². The Morgan fingerprint density at radius 1 is 1.04 bits per heavy atom. The van der Waals surface area contributed by atoms with E-state index in [-0.39, 0.29) is 28.7 Å². The summed E-state index contributed by atoms with van der Waals surface area (Å²) in [7, 11) is -3.97. The van der Waals surface area contributed by atoms with Gasteiger partial charge in [0.2, 0.25) is 0 Å². The molecule has 0 spiro atoms. The summed E-state index contributed by atoms with van der Waals surface area (Å²) in [4.78, 5) is 23.1. The number of ketones is 1. The van der Waals surface area contributed by atoms with Crippen LogP contribution in [0.25, 0.3) is 0 Å². The Morgan fingerprint density at radius 3 is 2.43 bits per heavy atom. The van der Waals surface area contributed by atoms with Gasteiger partial charge in [-0.1, -0.05) is 12.1 Å². The van der Waals surface area contributed by atoms with Crippen LogP contribution < -0.4 is 14.8 Å². The fourth-order valence-corrected chi connectivity index (χ4v) is 3.42. The maximum absolute atomic E-state index is 12.7. The number of anilines is 2. The van der Waals surface area contributed by atoms with Crippen LogP contribution in [0.2, 0.25) is 0 Å². The van der Waals surface area contributed by atoms with E-state index < -0.39 is 16.1 Å². The van der Waals surface area contributed by atoms with Crippen molar-refractivity contribution in [2.24, 2.45) is 0 Å². The van der Waals surface area contributed by atoms with Crippen LogP contribution >= 0.6 is 0 Å².